The summed E-state index contributed by atoms with van der Waals surface area (Å²) in [5, 5.41) is 3.66. The maximum atomic E-state index is 13.9. The number of nitrogens with one attached hydrogen (secondary N) is 1. The lowest BCUT2D eigenvalue weighted by atomic mass is 9.97. The lowest BCUT2D eigenvalue weighted by molar-refractivity contribution is -0.328. The molecule has 12 heteroatoms. The minimum atomic E-state index is -3.86. The number of para-hydroxylation sites is 1. The minimum Gasteiger partial charge on any atom is -0.379 e. The van der Waals surface area contributed by atoms with Crippen LogP contribution in [0.4, 0.5) is 0 Å². The summed E-state index contributed by atoms with van der Waals surface area (Å²) in [5.74, 6) is -0.0353. The van der Waals surface area contributed by atoms with E-state index in [1.165, 1.54) is 10.9 Å². The van der Waals surface area contributed by atoms with Crippen molar-refractivity contribution in [3.05, 3.63) is 174 Å². The fraction of sp³-hybridized carbons (Fsp3) is 0.340. The maximum Gasteiger partial charge on any atom is 0.268 e. The van der Waals surface area contributed by atoms with Gasteiger partial charge < -0.3 is 33.7 Å². The molecule has 326 valence electrons. The van der Waals surface area contributed by atoms with Crippen LogP contribution in [-0.2, 0) is 69.5 Å². The lowest BCUT2D eigenvalue weighted by Crippen LogP contribution is -2.61. The molecule has 1 aliphatic heterocycles. The number of amides is 1. The van der Waals surface area contributed by atoms with Gasteiger partial charge in [-0.1, -0.05) is 127 Å². The highest BCUT2D eigenvalue weighted by Crippen LogP contribution is 2.33. The van der Waals surface area contributed by atoms with Gasteiger partial charge in [0.05, 0.1) is 43.4 Å². The Labute approximate surface area is 364 Å². The van der Waals surface area contributed by atoms with Crippen molar-refractivity contribution in [2.75, 3.05) is 26.4 Å². The Balaban J connectivity index is 1.15. The molecule has 62 heavy (non-hydrogen) atoms. The summed E-state index contributed by atoms with van der Waals surface area (Å²) in [6, 6.07) is 45.8. The van der Waals surface area contributed by atoms with Crippen molar-refractivity contribution < 1.29 is 41.6 Å². The highest BCUT2D eigenvalue weighted by molar-refractivity contribution is 7.90. The average molecular weight is 861 g/mol. The highest BCUT2D eigenvalue weighted by Gasteiger charge is 2.49. The third-order valence-electron chi connectivity index (χ3n) is 10.8. The van der Waals surface area contributed by atoms with Crippen molar-refractivity contribution >= 4 is 26.8 Å². The third kappa shape index (κ3) is 12.3. The van der Waals surface area contributed by atoms with E-state index in [-0.39, 0.29) is 30.6 Å². The number of hydrogen-bond acceptors (Lipinski definition) is 9. The molecule has 1 aliphatic rings. The van der Waals surface area contributed by atoms with Crippen molar-refractivity contribution in [1.29, 1.82) is 0 Å². The van der Waals surface area contributed by atoms with E-state index in [4.69, 9.17) is 28.4 Å². The van der Waals surface area contributed by atoms with Gasteiger partial charge in [-0.2, -0.15) is 0 Å². The maximum absolute atomic E-state index is 13.9. The smallest absolute Gasteiger partial charge is 0.268 e. The number of fused-ring (bicyclic) bond motifs is 1. The molecule has 0 bridgehead atoms. The molecule has 1 fully saturated rings. The van der Waals surface area contributed by atoms with Crippen LogP contribution in [0.25, 0.3) is 10.9 Å². The molecular weight excluding hydrogens is 805 g/mol. The van der Waals surface area contributed by atoms with Crippen LogP contribution in [0, 0.1) is 0 Å². The first-order chi connectivity index (χ1) is 30.4. The zero-order valence-electron chi connectivity index (χ0n) is 35.1. The van der Waals surface area contributed by atoms with Crippen LogP contribution in [0.5, 0.6) is 0 Å². The first-order valence-corrected chi connectivity index (χ1v) is 22.8. The second-order valence-electron chi connectivity index (χ2n) is 15.4. The molecule has 0 aliphatic carbocycles. The highest BCUT2D eigenvalue weighted by atomic mass is 32.2. The number of ether oxygens (including phenoxy) is 6. The van der Waals surface area contributed by atoms with Gasteiger partial charge in [0.15, 0.2) is 6.29 Å². The van der Waals surface area contributed by atoms with Crippen LogP contribution in [0.1, 0.15) is 48.4 Å². The van der Waals surface area contributed by atoms with Gasteiger partial charge in [-0.05, 0) is 66.1 Å². The number of nitrogens with zero attached hydrogens (tertiary/aromatic N) is 1. The number of aromatic nitrogens is 1. The van der Waals surface area contributed by atoms with Gasteiger partial charge in [0.2, 0.25) is 5.91 Å². The van der Waals surface area contributed by atoms with Crippen LogP contribution in [0.3, 0.4) is 0 Å². The quantitative estimate of drug-likeness (QED) is 0.0635. The molecule has 0 radical (unpaired) electrons. The molecule has 5 atom stereocenters. The Hall–Kier alpha value is -5.18. The van der Waals surface area contributed by atoms with E-state index in [1.54, 1.807) is 36.5 Å². The van der Waals surface area contributed by atoms with Crippen molar-refractivity contribution in [3.63, 3.8) is 0 Å². The molecule has 1 aromatic heterocycles. The van der Waals surface area contributed by atoms with E-state index in [0.29, 0.717) is 38.3 Å². The standard InChI is InChI=1S/C50H56N2O9S/c1-38(53)51-30-17-6-18-31-56-37-46-47(58-34-39-19-7-2-8-20-39)48(59-35-40-21-9-3-10-22-40)49(60-36-41-23-11-4-12-24-41)50(61-46)57-32-29-42-33-52(45-28-16-15-27-44(42)45)62(54,55)43-25-13-5-14-26-43/h2-5,7-16,19-28,33,46-50H,6,17-18,29-32,34-37H2,1H3,(H,51,53)/t46-,47-,48+,49-,50-/m1/s1. The first kappa shape index (κ1) is 44.9. The summed E-state index contributed by atoms with van der Waals surface area (Å²) in [5.41, 5.74) is 4.38. The minimum absolute atomic E-state index is 0.0353. The zero-order chi connectivity index (χ0) is 43.0. The number of carbonyl (C=O) groups excluding carboxylic acids is 1. The first-order valence-electron chi connectivity index (χ1n) is 21.3. The molecule has 2 heterocycles. The van der Waals surface area contributed by atoms with Crippen LogP contribution in [0.15, 0.2) is 157 Å². The van der Waals surface area contributed by atoms with E-state index in [2.05, 4.69) is 5.32 Å². The second kappa shape index (κ2) is 22.8. The molecule has 0 spiro atoms. The topological polar surface area (TPSA) is 124 Å². The van der Waals surface area contributed by atoms with Crippen molar-refractivity contribution in [2.45, 2.75) is 88.0 Å². The van der Waals surface area contributed by atoms with E-state index in [9.17, 15) is 13.2 Å². The van der Waals surface area contributed by atoms with Crippen LogP contribution in [-0.4, -0.2) is 75.4 Å². The summed E-state index contributed by atoms with van der Waals surface area (Å²) in [7, 11) is -3.86. The number of carbonyl (C=O) groups is 1. The van der Waals surface area contributed by atoms with Gasteiger partial charge in [-0.25, -0.2) is 12.4 Å². The van der Waals surface area contributed by atoms with Gasteiger partial charge in [0, 0.05) is 31.7 Å². The van der Waals surface area contributed by atoms with Gasteiger partial charge in [0.1, 0.15) is 24.4 Å². The second-order valence-corrected chi connectivity index (χ2v) is 17.2. The Bertz CT molecular complexity index is 2360. The zero-order valence-corrected chi connectivity index (χ0v) is 35.9. The number of unbranched alkanes of at least 4 members (excludes halogenated alkanes) is 2. The Morgan fingerprint density at radius 2 is 1.18 bits per heavy atom. The summed E-state index contributed by atoms with van der Waals surface area (Å²) in [6.07, 6.45) is 1.16. The van der Waals surface area contributed by atoms with Crippen molar-refractivity contribution in [3.8, 4) is 0 Å². The van der Waals surface area contributed by atoms with E-state index in [0.717, 1.165) is 46.9 Å². The number of rotatable bonds is 23. The van der Waals surface area contributed by atoms with Crippen molar-refractivity contribution in [1.82, 2.24) is 9.29 Å². The average Bonchev–Trinajstić information content (AvgIpc) is 3.69. The predicted octanol–water partition coefficient (Wildman–Crippen LogP) is 8.24. The Morgan fingerprint density at radius 1 is 0.629 bits per heavy atom. The molecule has 1 saturated heterocycles. The molecular formula is C50H56N2O9S. The predicted molar refractivity (Wildman–Crippen MR) is 238 cm³/mol. The van der Waals surface area contributed by atoms with Gasteiger partial charge in [0.25, 0.3) is 10.0 Å². The molecule has 6 aromatic rings. The van der Waals surface area contributed by atoms with Crippen molar-refractivity contribution in [2.24, 2.45) is 0 Å². The molecule has 0 unspecified atom stereocenters. The Morgan fingerprint density at radius 3 is 1.79 bits per heavy atom. The van der Waals surface area contributed by atoms with Gasteiger partial charge in [-0.3, -0.25) is 4.79 Å². The van der Waals surface area contributed by atoms with E-state index in [1.807, 2.05) is 115 Å². The van der Waals surface area contributed by atoms with Crippen LogP contribution < -0.4 is 5.32 Å². The molecule has 0 saturated carbocycles. The Kier molecular flexibility index (Phi) is 16.5. The fourth-order valence-corrected chi connectivity index (χ4v) is 9.00. The molecule has 1 amide bonds. The molecule has 5 aromatic carbocycles. The monoisotopic (exact) mass is 860 g/mol. The van der Waals surface area contributed by atoms with Crippen LogP contribution in [0.2, 0.25) is 0 Å². The van der Waals surface area contributed by atoms with E-state index >= 15 is 0 Å². The van der Waals surface area contributed by atoms with Gasteiger partial charge >= 0.3 is 0 Å². The summed E-state index contributed by atoms with van der Waals surface area (Å²) in [6.45, 7) is 3.94. The van der Waals surface area contributed by atoms with Gasteiger partial charge in [-0.15, -0.1) is 0 Å². The number of hydrogen-bond donors (Lipinski definition) is 1. The fourth-order valence-electron chi connectivity index (χ4n) is 7.59. The summed E-state index contributed by atoms with van der Waals surface area (Å²) < 4.78 is 69.3. The molecule has 1 N–H and O–H groups in total. The summed E-state index contributed by atoms with van der Waals surface area (Å²) >= 11 is 0. The summed E-state index contributed by atoms with van der Waals surface area (Å²) in [4.78, 5) is 11.5. The van der Waals surface area contributed by atoms with Crippen LogP contribution >= 0.6 is 0 Å². The largest absolute Gasteiger partial charge is 0.379 e. The SMILES string of the molecule is CC(=O)NCCCCCOC[C@H]1O[C@@H](OCCc2cn(S(=O)(=O)c3ccccc3)c3ccccc23)[C@H](OCc2ccccc2)[C@@H](OCc2ccccc2)[C@@H]1OCc1ccccc1. The molecule has 11 nitrogen and oxygen atoms in total. The normalized spacial score (nSPS) is 19.1. The number of benzene rings is 5. The lowest BCUT2D eigenvalue weighted by Gasteiger charge is -2.46. The molecule has 7 rings (SSSR count). The third-order valence-corrected chi connectivity index (χ3v) is 12.5. The van der Waals surface area contributed by atoms with E-state index < -0.39 is 40.7 Å².